The molecule has 96 valence electrons. The van der Waals surface area contributed by atoms with Crippen LogP contribution in [-0.4, -0.2) is 10.1 Å². The lowest BCUT2D eigenvalue weighted by molar-refractivity contribution is 0.420. The lowest BCUT2D eigenvalue weighted by atomic mass is 10.2. The van der Waals surface area contributed by atoms with Crippen molar-refractivity contribution in [2.45, 2.75) is 25.1 Å². The van der Waals surface area contributed by atoms with Crippen molar-refractivity contribution in [2.75, 3.05) is 0 Å². The Bertz CT molecular complexity index is 542. The number of nitrogens with zero attached hydrogens (tertiary/aromatic N) is 2. The first-order valence-corrected chi connectivity index (χ1v) is 6.74. The van der Waals surface area contributed by atoms with Gasteiger partial charge in [0.15, 0.2) is 5.82 Å². The molecule has 0 aliphatic rings. The van der Waals surface area contributed by atoms with Crippen LogP contribution in [0.4, 0.5) is 0 Å². The summed E-state index contributed by atoms with van der Waals surface area (Å²) in [6, 6.07) is 5.07. The van der Waals surface area contributed by atoms with Gasteiger partial charge in [-0.05, 0) is 24.6 Å². The maximum absolute atomic E-state index is 6.13. The fraction of sp³-hybridized carbons (Fsp3) is 0.333. The Balaban J connectivity index is 2.32. The van der Waals surface area contributed by atoms with Gasteiger partial charge in [0, 0.05) is 5.02 Å². The SMILES string of the molecule is CCCC(Cl)c1noc(-c2cc(Cl)ccc2Cl)n1. The van der Waals surface area contributed by atoms with E-state index in [-0.39, 0.29) is 5.38 Å². The van der Waals surface area contributed by atoms with Gasteiger partial charge in [-0.1, -0.05) is 41.7 Å². The predicted molar refractivity (Wildman–Crippen MR) is 73.3 cm³/mol. The molecule has 2 aromatic rings. The van der Waals surface area contributed by atoms with E-state index in [0.29, 0.717) is 27.3 Å². The molecule has 1 aromatic carbocycles. The minimum Gasteiger partial charge on any atom is -0.334 e. The van der Waals surface area contributed by atoms with Crippen molar-refractivity contribution < 1.29 is 4.52 Å². The number of hydrogen-bond donors (Lipinski definition) is 0. The molecule has 1 heterocycles. The molecule has 0 N–H and O–H groups in total. The third-order valence-corrected chi connectivity index (χ3v) is 3.40. The van der Waals surface area contributed by atoms with Gasteiger partial charge in [0.1, 0.15) is 0 Å². The predicted octanol–water partition coefficient (Wildman–Crippen LogP) is 5.12. The summed E-state index contributed by atoms with van der Waals surface area (Å²) in [5.41, 5.74) is 0.614. The van der Waals surface area contributed by atoms with Crippen molar-refractivity contribution >= 4 is 34.8 Å². The van der Waals surface area contributed by atoms with Gasteiger partial charge in [0.2, 0.25) is 0 Å². The topological polar surface area (TPSA) is 38.9 Å². The standard InChI is InChI=1S/C12H11Cl3N2O/c1-2-3-10(15)11-16-12(18-17-11)8-6-7(13)4-5-9(8)14/h4-6,10H,2-3H2,1H3. The highest BCUT2D eigenvalue weighted by Gasteiger charge is 2.17. The molecule has 1 aromatic heterocycles. The smallest absolute Gasteiger partial charge is 0.259 e. The second-order valence-corrected chi connectivity index (χ2v) is 5.21. The lowest BCUT2D eigenvalue weighted by Gasteiger charge is -2.00. The van der Waals surface area contributed by atoms with Crippen molar-refractivity contribution in [3.8, 4) is 11.5 Å². The summed E-state index contributed by atoms with van der Waals surface area (Å²) < 4.78 is 5.17. The van der Waals surface area contributed by atoms with E-state index in [4.69, 9.17) is 39.3 Å². The van der Waals surface area contributed by atoms with E-state index in [0.717, 1.165) is 12.8 Å². The molecular formula is C12H11Cl3N2O. The van der Waals surface area contributed by atoms with Crippen molar-refractivity contribution in [1.82, 2.24) is 10.1 Å². The molecule has 0 amide bonds. The third kappa shape index (κ3) is 2.97. The van der Waals surface area contributed by atoms with Crippen LogP contribution in [-0.2, 0) is 0 Å². The summed E-state index contributed by atoms with van der Waals surface area (Å²) in [5, 5.41) is 4.69. The molecular weight excluding hydrogens is 295 g/mol. The molecule has 0 aliphatic heterocycles. The van der Waals surface area contributed by atoms with Crippen LogP contribution in [0.3, 0.4) is 0 Å². The van der Waals surface area contributed by atoms with Gasteiger partial charge >= 0.3 is 0 Å². The molecule has 6 heteroatoms. The molecule has 2 rings (SSSR count). The Morgan fingerprint density at radius 2 is 2.11 bits per heavy atom. The fourth-order valence-electron chi connectivity index (χ4n) is 1.52. The summed E-state index contributed by atoms with van der Waals surface area (Å²) in [7, 11) is 0. The Morgan fingerprint density at radius 1 is 1.33 bits per heavy atom. The highest BCUT2D eigenvalue weighted by molar-refractivity contribution is 6.35. The van der Waals surface area contributed by atoms with Gasteiger partial charge in [-0.2, -0.15) is 4.98 Å². The fourth-order valence-corrected chi connectivity index (χ4v) is 2.19. The van der Waals surface area contributed by atoms with E-state index in [1.54, 1.807) is 18.2 Å². The first-order chi connectivity index (χ1) is 8.61. The Morgan fingerprint density at radius 3 is 2.83 bits per heavy atom. The average Bonchev–Trinajstić information content (AvgIpc) is 2.82. The second kappa shape index (κ2) is 5.91. The van der Waals surface area contributed by atoms with Crippen LogP contribution in [0.2, 0.25) is 10.0 Å². The lowest BCUT2D eigenvalue weighted by Crippen LogP contribution is -1.92. The maximum atomic E-state index is 6.13. The molecule has 0 radical (unpaired) electrons. The number of benzene rings is 1. The van der Waals surface area contributed by atoms with E-state index in [9.17, 15) is 0 Å². The van der Waals surface area contributed by atoms with Gasteiger partial charge < -0.3 is 4.52 Å². The van der Waals surface area contributed by atoms with Crippen molar-refractivity contribution in [3.63, 3.8) is 0 Å². The van der Waals surface area contributed by atoms with E-state index in [2.05, 4.69) is 10.1 Å². The quantitative estimate of drug-likeness (QED) is 0.736. The number of rotatable bonds is 4. The van der Waals surface area contributed by atoms with Gasteiger partial charge in [-0.25, -0.2) is 0 Å². The minimum atomic E-state index is -0.245. The molecule has 0 saturated heterocycles. The highest BCUT2D eigenvalue weighted by atomic mass is 35.5. The molecule has 0 aliphatic carbocycles. The number of alkyl halides is 1. The monoisotopic (exact) mass is 304 g/mol. The van der Waals surface area contributed by atoms with Crippen LogP contribution in [0.25, 0.3) is 11.5 Å². The van der Waals surface area contributed by atoms with Crippen molar-refractivity contribution in [3.05, 3.63) is 34.1 Å². The van der Waals surface area contributed by atoms with Crippen LogP contribution >= 0.6 is 34.8 Å². The van der Waals surface area contributed by atoms with E-state index in [1.807, 2.05) is 6.92 Å². The van der Waals surface area contributed by atoms with Crippen LogP contribution in [0.15, 0.2) is 22.7 Å². The third-order valence-electron chi connectivity index (χ3n) is 2.42. The molecule has 0 fully saturated rings. The van der Waals surface area contributed by atoms with Crippen molar-refractivity contribution in [2.24, 2.45) is 0 Å². The van der Waals surface area contributed by atoms with Crippen LogP contribution in [0.5, 0.6) is 0 Å². The van der Waals surface area contributed by atoms with Crippen molar-refractivity contribution in [1.29, 1.82) is 0 Å². The number of hydrogen-bond acceptors (Lipinski definition) is 3. The molecule has 0 saturated carbocycles. The molecule has 1 unspecified atom stereocenters. The van der Waals surface area contributed by atoms with Crippen LogP contribution in [0.1, 0.15) is 31.0 Å². The molecule has 0 bridgehead atoms. The van der Waals surface area contributed by atoms with E-state index < -0.39 is 0 Å². The van der Waals surface area contributed by atoms with Gasteiger partial charge in [0.25, 0.3) is 5.89 Å². The number of aromatic nitrogens is 2. The van der Waals surface area contributed by atoms with Gasteiger partial charge in [-0.15, -0.1) is 11.6 Å². The zero-order chi connectivity index (χ0) is 13.1. The van der Waals surface area contributed by atoms with Crippen LogP contribution < -0.4 is 0 Å². The first kappa shape index (κ1) is 13.7. The average molecular weight is 306 g/mol. The Kier molecular flexibility index (Phi) is 4.49. The van der Waals surface area contributed by atoms with E-state index in [1.165, 1.54) is 0 Å². The number of halogens is 3. The largest absolute Gasteiger partial charge is 0.334 e. The van der Waals surface area contributed by atoms with Gasteiger partial charge in [0.05, 0.1) is 16.0 Å². The molecule has 18 heavy (non-hydrogen) atoms. The first-order valence-electron chi connectivity index (χ1n) is 5.55. The van der Waals surface area contributed by atoms with E-state index >= 15 is 0 Å². The summed E-state index contributed by atoms with van der Waals surface area (Å²) in [6.07, 6.45) is 1.75. The minimum absolute atomic E-state index is 0.245. The normalized spacial score (nSPS) is 12.7. The Labute approximate surface area is 120 Å². The summed E-state index contributed by atoms with van der Waals surface area (Å²) >= 11 is 18.1. The Hall–Kier alpha value is -0.770. The summed E-state index contributed by atoms with van der Waals surface area (Å²) in [5.74, 6) is 0.809. The highest BCUT2D eigenvalue weighted by Crippen LogP contribution is 2.31. The second-order valence-electron chi connectivity index (χ2n) is 3.84. The zero-order valence-corrected chi connectivity index (χ0v) is 11.9. The zero-order valence-electron chi connectivity index (χ0n) is 9.66. The summed E-state index contributed by atoms with van der Waals surface area (Å²) in [4.78, 5) is 4.25. The molecule has 1 atom stereocenters. The maximum Gasteiger partial charge on any atom is 0.259 e. The van der Waals surface area contributed by atoms with Gasteiger partial charge in [-0.3, -0.25) is 0 Å². The molecule has 3 nitrogen and oxygen atoms in total. The van der Waals surface area contributed by atoms with Crippen LogP contribution in [0, 0.1) is 0 Å². The molecule has 0 spiro atoms. The summed E-state index contributed by atoms with van der Waals surface area (Å²) in [6.45, 7) is 2.05.